The average molecular weight is 281 g/mol. The first-order chi connectivity index (χ1) is 10.1. The fourth-order valence-corrected chi connectivity index (χ4v) is 2.44. The minimum atomic E-state index is 0.266. The first kappa shape index (κ1) is 15.3. The molecule has 110 valence electrons. The zero-order valence-electron chi connectivity index (χ0n) is 13.0. The number of carbonyl (C=O) groups is 1. The van der Waals surface area contributed by atoms with Gasteiger partial charge in [0, 0.05) is 6.20 Å². The van der Waals surface area contributed by atoms with Crippen LogP contribution in [0.2, 0.25) is 0 Å². The van der Waals surface area contributed by atoms with Crippen LogP contribution in [0.1, 0.15) is 60.8 Å². The van der Waals surface area contributed by atoms with Gasteiger partial charge < -0.3 is 4.98 Å². The highest BCUT2D eigenvalue weighted by atomic mass is 16.1. The van der Waals surface area contributed by atoms with Gasteiger partial charge in [-0.25, -0.2) is 0 Å². The highest BCUT2D eigenvalue weighted by molar-refractivity contribution is 5.76. The van der Waals surface area contributed by atoms with Crippen molar-refractivity contribution < 1.29 is 4.79 Å². The van der Waals surface area contributed by atoms with Gasteiger partial charge in [0.25, 0.3) is 0 Å². The van der Waals surface area contributed by atoms with Crippen LogP contribution in [-0.4, -0.2) is 11.3 Å². The largest absolute Gasteiger partial charge is 0.358 e. The lowest BCUT2D eigenvalue weighted by atomic mass is 9.78. The normalized spacial score (nSPS) is 12.0. The molecule has 0 bridgehead atoms. The Balaban J connectivity index is 2.14. The van der Waals surface area contributed by atoms with Crippen molar-refractivity contribution in [1.82, 2.24) is 4.98 Å². The van der Waals surface area contributed by atoms with Gasteiger partial charge in [0.2, 0.25) is 0 Å². The number of aldehydes is 1. The van der Waals surface area contributed by atoms with Gasteiger partial charge in [0.05, 0.1) is 5.69 Å². The van der Waals surface area contributed by atoms with E-state index < -0.39 is 0 Å². The Kier molecular flexibility index (Phi) is 4.79. The smallest absolute Gasteiger partial charge is 0.166 e. The molecule has 2 heteroatoms. The van der Waals surface area contributed by atoms with Crippen LogP contribution in [0, 0.1) is 0 Å². The van der Waals surface area contributed by atoms with Crippen molar-refractivity contribution >= 4 is 18.4 Å². The summed E-state index contributed by atoms with van der Waals surface area (Å²) in [6.45, 7) is 6.81. The van der Waals surface area contributed by atoms with Crippen LogP contribution < -0.4 is 0 Å². The van der Waals surface area contributed by atoms with Gasteiger partial charge in [-0.05, 0) is 41.0 Å². The maximum atomic E-state index is 10.6. The standard InChI is InChI=1S/C19H23NO/c1-4-19(3,5-2)17-10-8-15(9-11-17)6-7-16-12-18(14-21)20-13-16/h6-14,20H,4-5H2,1-3H3. The highest BCUT2D eigenvalue weighted by Crippen LogP contribution is 2.31. The molecule has 1 N–H and O–H groups in total. The summed E-state index contributed by atoms with van der Waals surface area (Å²) in [4.78, 5) is 13.5. The van der Waals surface area contributed by atoms with Gasteiger partial charge in [-0.1, -0.05) is 57.2 Å². The van der Waals surface area contributed by atoms with Crippen LogP contribution in [0.25, 0.3) is 12.2 Å². The summed E-state index contributed by atoms with van der Waals surface area (Å²) >= 11 is 0. The van der Waals surface area contributed by atoms with E-state index in [0.717, 1.165) is 24.7 Å². The summed E-state index contributed by atoms with van der Waals surface area (Å²) in [5.41, 5.74) is 4.44. The van der Waals surface area contributed by atoms with Crippen LogP contribution in [0.4, 0.5) is 0 Å². The molecule has 0 saturated carbocycles. The van der Waals surface area contributed by atoms with E-state index >= 15 is 0 Å². The second-order valence-corrected chi connectivity index (χ2v) is 5.73. The Morgan fingerprint density at radius 1 is 1.05 bits per heavy atom. The second-order valence-electron chi connectivity index (χ2n) is 5.73. The molecule has 1 aromatic heterocycles. The van der Waals surface area contributed by atoms with E-state index in [1.165, 1.54) is 11.1 Å². The molecule has 0 radical (unpaired) electrons. The molecule has 0 aliphatic heterocycles. The van der Waals surface area contributed by atoms with E-state index in [9.17, 15) is 4.79 Å². The molecule has 0 spiro atoms. The molecule has 2 aromatic rings. The molecule has 21 heavy (non-hydrogen) atoms. The summed E-state index contributed by atoms with van der Waals surface area (Å²) in [6, 6.07) is 10.6. The summed E-state index contributed by atoms with van der Waals surface area (Å²) in [5, 5.41) is 0. The third kappa shape index (κ3) is 3.52. The third-order valence-electron chi connectivity index (χ3n) is 4.49. The average Bonchev–Trinajstić information content (AvgIpc) is 3.00. The summed E-state index contributed by atoms with van der Waals surface area (Å²) in [6.07, 6.45) is 9.03. The number of aromatic amines is 1. The molecule has 0 atom stereocenters. The fourth-order valence-electron chi connectivity index (χ4n) is 2.44. The summed E-state index contributed by atoms with van der Waals surface area (Å²) < 4.78 is 0. The van der Waals surface area contributed by atoms with Crippen LogP contribution in [-0.2, 0) is 5.41 Å². The predicted molar refractivity (Wildman–Crippen MR) is 89.5 cm³/mol. The maximum Gasteiger partial charge on any atom is 0.166 e. The Morgan fingerprint density at radius 3 is 2.19 bits per heavy atom. The van der Waals surface area contributed by atoms with Gasteiger partial charge in [-0.2, -0.15) is 0 Å². The van der Waals surface area contributed by atoms with Gasteiger partial charge in [0.1, 0.15) is 0 Å². The van der Waals surface area contributed by atoms with E-state index in [0.29, 0.717) is 5.69 Å². The lowest BCUT2D eigenvalue weighted by molar-refractivity contribution is 0.111. The zero-order valence-corrected chi connectivity index (χ0v) is 13.0. The highest BCUT2D eigenvalue weighted by Gasteiger charge is 2.21. The number of hydrogen-bond donors (Lipinski definition) is 1. The maximum absolute atomic E-state index is 10.6. The lowest BCUT2D eigenvalue weighted by Gasteiger charge is -2.27. The quantitative estimate of drug-likeness (QED) is 0.736. The lowest BCUT2D eigenvalue weighted by Crippen LogP contribution is -2.19. The van der Waals surface area contributed by atoms with Gasteiger partial charge in [0.15, 0.2) is 6.29 Å². The van der Waals surface area contributed by atoms with Crippen molar-refractivity contribution in [2.45, 2.75) is 39.0 Å². The molecule has 0 aliphatic carbocycles. The topological polar surface area (TPSA) is 32.9 Å². The summed E-state index contributed by atoms with van der Waals surface area (Å²) in [7, 11) is 0. The number of nitrogens with one attached hydrogen (secondary N) is 1. The molecule has 0 saturated heterocycles. The Hall–Kier alpha value is -2.09. The number of H-pyrrole nitrogens is 1. The van der Waals surface area contributed by atoms with Crippen molar-refractivity contribution in [3.8, 4) is 0 Å². The molecule has 1 aromatic carbocycles. The number of rotatable bonds is 6. The Bertz CT molecular complexity index is 615. The van der Waals surface area contributed by atoms with Gasteiger partial charge in [-0.15, -0.1) is 0 Å². The van der Waals surface area contributed by atoms with Gasteiger partial charge in [-0.3, -0.25) is 4.79 Å². The Morgan fingerprint density at radius 2 is 1.67 bits per heavy atom. The minimum Gasteiger partial charge on any atom is -0.358 e. The molecule has 0 fully saturated rings. The second kappa shape index (κ2) is 6.57. The van der Waals surface area contributed by atoms with Crippen molar-refractivity contribution in [2.24, 2.45) is 0 Å². The van der Waals surface area contributed by atoms with Crippen molar-refractivity contribution in [1.29, 1.82) is 0 Å². The molecular formula is C19H23NO. The first-order valence-electron chi connectivity index (χ1n) is 7.53. The predicted octanol–water partition coefficient (Wildman–Crippen LogP) is 5.08. The number of carbonyl (C=O) groups excluding carboxylic acids is 1. The van der Waals surface area contributed by atoms with E-state index in [-0.39, 0.29) is 5.41 Å². The molecule has 0 amide bonds. The SMILES string of the molecule is CCC(C)(CC)c1ccc(C=Cc2c[nH]c(C=O)c2)cc1. The zero-order chi connectivity index (χ0) is 15.3. The van der Waals surface area contributed by atoms with E-state index in [2.05, 4.69) is 56.1 Å². The number of benzene rings is 1. The van der Waals surface area contributed by atoms with Crippen LogP contribution >= 0.6 is 0 Å². The summed E-state index contributed by atoms with van der Waals surface area (Å²) in [5.74, 6) is 0. The monoisotopic (exact) mass is 281 g/mol. The molecule has 1 heterocycles. The number of hydrogen-bond acceptors (Lipinski definition) is 1. The van der Waals surface area contributed by atoms with Crippen LogP contribution in [0.5, 0.6) is 0 Å². The van der Waals surface area contributed by atoms with Crippen LogP contribution in [0.15, 0.2) is 36.5 Å². The molecule has 0 unspecified atom stereocenters. The van der Waals surface area contributed by atoms with Gasteiger partial charge >= 0.3 is 0 Å². The van der Waals surface area contributed by atoms with E-state index in [1.54, 1.807) is 0 Å². The molecule has 2 nitrogen and oxygen atoms in total. The van der Waals surface area contributed by atoms with Crippen molar-refractivity contribution in [3.63, 3.8) is 0 Å². The van der Waals surface area contributed by atoms with E-state index in [1.807, 2.05) is 18.3 Å². The number of aromatic nitrogens is 1. The first-order valence-corrected chi connectivity index (χ1v) is 7.53. The molecular weight excluding hydrogens is 258 g/mol. The molecule has 0 aliphatic rings. The van der Waals surface area contributed by atoms with Crippen molar-refractivity contribution in [2.75, 3.05) is 0 Å². The minimum absolute atomic E-state index is 0.266. The van der Waals surface area contributed by atoms with E-state index in [4.69, 9.17) is 0 Å². The third-order valence-corrected chi connectivity index (χ3v) is 4.49. The fraction of sp³-hybridized carbons (Fsp3) is 0.316. The molecule has 2 rings (SSSR count). The Labute approximate surface area is 126 Å². The van der Waals surface area contributed by atoms with Crippen molar-refractivity contribution in [3.05, 3.63) is 58.9 Å². The van der Waals surface area contributed by atoms with Crippen LogP contribution in [0.3, 0.4) is 0 Å².